The molecule has 41 heavy (non-hydrogen) atoms. The van der Waals surface area contributed by atoms with E-state index in [9.17, 15) is 4.79 Å². The summed E-state index contributed by atoms with van der Waals surface area (Å²) in [6.45, 7) is 6.76. The predicted octanol–water partition coefficient (Wildman–Crippen LogP) is 8.63. The Morgan fingerprint density at radius 3 is 2.49 bits per heavy atom. The first kappa shape index (κ1) is 33.7. The summed E-state index contributed by atoms with van der Waals surface area (Å²) in [6.07, 6.45) is 4.59. The Bertz CT molecular complexity index is 1270. The molecular formula is C34H43Cl2IN2O2. The van der Waals surface area contributed by atoms with E-state index in [1.807, 2.05) is 56.1 Å². The molecule has 2 atom stereocenters. The molecule has 1 heterocycles. The van der Waals surface area contributed by atoms with Crippen LogP contribution in [0.5, 0.6) is 5.75 Å². The number of carbonyl (C=O) groups excluding carboxylic acids is 1. The van der Waals surface area contributed by atoms with Gasteiger partial charge in [-0.1, -0.05) is 78.2 Å². The van der Waals surface area contributed by atoms with Gasteiger partial charge in [-0.25, -0.2) is 0 Å². The molecule has 7 heteroatoms. The minimum Gasteiger partial charge on any atom is -0.491 e. The van der Waals surface area contributed by atoms with E-state index in [2.05, 4.69) is 54.4 Å². The third-order valence-electron chi connectivity index (χ3n) is 8.21. The molecule has 2 unspecified atom stereocenters. The Labute approximate surface area is 273 Å². The smallest absolute Gasteiger partial charge is 0.226 e. The Morgan fingerprint density at radius 1 is 1.02 bits per heavy atom. The molecule has 0 N–H and O–H groups in total. The summed E-state index contributed by atoms with van der Waals surface area (Å²) in [4.78, 5) is 17.3. The Hall–Kier alpha value is -1.80. The Balaban J connectivity index is 0.00000462. The summed E-state index contributed by atoms with van der Waals surface area (Å²) in [5.74, 6) is 1.24. The van der Waals surface area contributed by atoms with Crippen LogP contribution in [0.1, 0.15) is 62.1 Å². The van der Waals surface area contributed by atoms with E-state index in [1.54, 1.807) is 0 Å². The largest absolute Gasteiger partial charge is 0.491 e. The molecule has 4 nitrogen and oxygen atoms in total. The van der Waals surface area contributed by atoms with Gasteiger partial charge in [0.05, 0.1) is 22.6 Å². The van der Waals surface area contributed by atoms with Crippen LogP contribution in [0.15, 0.2) is 72.8 Å². The number of amides is 1. The molecule has 1 aliphatic rings. The first-order chi connectivity index (χ1) is 19.2. The van der Waals surface area contributed by atoms with Crippen LogP contribution in [0, 0.1) is 0 Å². The number of unbranched alkanes of at least 4 members (excludes halogenated alkanes) is 1. The zero-order valence-corrected chi connectivity index (χ0v) is 28.5. The number of carbonyl (C=O) groups is 1. The summed E-state index contributed by atoms with van der Waals surface area (Å²) in [6, 6.07) is 24.9. The molecule has 0 saturated carbocycles. The van der Waals surface area contributed by atoms with Crippen molar-refractivity contribution in [3.8, 4) is 5.75 Å². The molecule has 0 aliphatic carbocycles. The van der Waals surface area contributed by atoms with Crippen molar-refractivity contribution in [1.82, 2.24) is 9.80 Å². The van der Waals surface area contributed by atoms with E-state index in [0.29, 0.717) is 22.4 Å². The maximum Gasteiger partial charge on any atom is 0.226 e. The molecule has 3 aromatic carbocycles. The number of hydrogen-bond acceptors (Lipinski definition) is 3. The van der Waals surface area contributed by atoms with Gasteiger partial charge in [-0.2, -0.15) is 0 Å². The van der Waals surface area contributed by atoms with Gasteiger partial charge in [0.2, 0.25) is 5.91 Å². The van der Waals surface area contributed by atoms with Gasteiger partial charge < -0.3 is 14.5 Å². The van der Waals surface area contributed by atoms with Gasteiger partial charge in [0.15, 0.2) is 0 Å². The van der Waals surface area contributed by atoms with Crippen LogP contribution in [0.25, 0.3) is 0 Å². The quantitative estimate of drug-likeness (QED) is 0.148. The second-order valence-electron chi connectivity index (χ2n) is 11.5. The zero-order valence-electron chi connectivity index (χ0n) is 24.6. The van der Waals surface area contributed by atoms with Crippen LogP contribution in [0.2, 0.25) is 10.0 Å². The van der Waals surface area contributed by atoms with Gasteiger partial charge in [-0.15, -0.1) is 24.0 Å². The monoisotopic (exact) mass is 708 g/mol. The summed E-state index contributed by atoms with van der Waals surface area (Å²) in [5, 5.41) is 1.20. The molecule has 1 aliphatic heterocycles. The third-order valence-corrected chi connectivity index (χ3v) is 8.95. The lowest BCUT2D eigenvalue weighted by molar-refractivity contribution is -0.129. The highest BCUT2D eigenvalue weighted by molar-refractivity contribution is 14.0. The molecule has 0 spiro atoms. The molecule has 222 valence electrons. The molecule has 1 fully saturated rings. The second kappa shape index (κ2) is 15.6. The number of ether oxygens (including phenoxy) is 1. The van der Waals surface area contributed by atoms with Crippen molar-refractivity contribution < 1.29 is 9.53 Å². The van der Waals surface area contributed by atoms with Gasteiger partial charge in [-0.3, -0.25) is 4.79 Å². The maximum absolute atomic E-state index is 13.0. The molecule has 0 bridgehead atoms. The lowest BCUT2D eigenvalue weighted by Crippen LogP contribution is -2.47. The Morgan fingerprint density at radius 2 is 1.78 bits per heavy atom. The van der Waals surface area contributed by atoms with Crippen LogP contribution in [0.4, 0.5) is 0 Å². The molecule has 0 aromatic heterocycles. The summed E-state index contributed by atoms with van der Waals surface area (Å²) in [7, 11) is 4.11. The highest BCUT2D eigenvalue weighted by Gasteiger charge is 2.44. The first-order valence-corrected chi connectivity index (χ1v) is 15.1. The fourth-order valence-electron chi connectivity index (χ4n) is 6.08. The fraction of sp³-hybridized carbons (Fsp3) is 0.441. The molecular weight excluding hydrogens is 666 g/mol. The topological polar surface area (TPSA) is 32.8 Å². The van der Waals surface area contributed by atoms with Crippen molar-refractivity contribution in [1.29, 1.82) is 0 Å². The number of benzene rings is 3. The first-order valence-electron chi connectivity index (χ1n) is 14.4. The minimum atomic E-state index is -0.00956. The summed E-state index contributed by atoms with van der Waals surface area (Å²) in [5.41, 5.74) is 3.59. The van der Waals surface area contributed by atoms with Crippen LogP contribution >= 0.6 is 47.2 Å². The lowest BCUT2D eigenvalue weighted by atomic mass is 9.61. The molecule has 3 aromatic rings. The van der Waals surface area contributed by atoms with Crippen LogP contribution in [0.3, 0.4) is 0 Å². The van der Waals surface area contributed by atoms with E-state index in [1.165, 1.54) is 11.1 Å². The van der Waals surface area contributed by atoms with Crippen molar-refractivity contribution >= 4 is 53.1 Å². The fourth-order valence-corrected chi connectivity index (χ4v) is 6.39. The van der Waals surface area contributed by atoms with Crippen molar-refractivity contribution in [2.24, 2.45) is 0 Å². The highest BCUT2D eigenvalue weighted by Crippen LogP contribution is 2.49. The number of likely N-dealkylation sites (tertiary alicyclic amines) is 1. The van der Waals surface area contributed by atoms with E-state index >= 15 is 0 Å². The average Bonchev–Trinajstić information content (AvgIpc) is 2.93. The van der Waals surface area contributed by atoms with Crippen molar-refractivity contribution in [2.75, 3.05) is 33.7 Å². The molecule has 1 amide bonds. The molecule has 0 radical (unpaired) electrons. The second-order valence-corrected chi connectivity index (χ2v) is 12.3. The van der Waals surface area contributed by atoms with Crippen LogP contribution in [-0.4, -0.2) is 55.5 Å². The van der Waals surface area contributed by atoms with E-state index < -0.39 is 0 Å². The average molecular weight is 710 g/mol. The summed E-state index contributed by atoms with van der Waals surface area (Å²) < 4.78 is 5.80. The standard InChI is InChI=1S/C34H42Cl2N2O2.HI/c1-25(2)40-29-14-10-11-26(21-29)22-33(39)38(4)19-9-8-17-34(28-12-6-5-7-13-28)18-20-37(3)24-30(34)27-15-16-31(35)32(36)23-27;/h5-7,10-16,21,23,25,30H,8-9,17-20,22,24H2,1-4H3;1H. The number of likely N-dealkylation sites (N-methyl/N-ethyl adjacent to an activating group) is 2. The van der Waals surface area contributed by atoms with Crippen molar-refractivity contribution in [2.45, 2.75) is 63.4 Å². The third kappa shape index (κ3) is 8.85. The van der Waals surface area contributed by atoms with Gasteiger partial charge in [0, 0.05) is 31.5 Å². The minimum absolute atomic E-state index is 0. The number of hydrogen-bond donors (Lipinski definition) is 0. The van der Waals surface area contributed by atoms with Crippen molar-refractivity contribution in [3.05, 3.63) is 99.5 Å². The number of piperidine rings is 1. The highest BCUT2D eigenvalue weighted by atomic mass is 127. The van der Waals surface area contributed by atoms with Crippen molar-refractivity contribution in [3.63, 3.8) is 0 Å². The molecule has 1 saturated heterocycles. The molecule has 4 rings (SSSR count). The lowest BCUT2D eigenvalue weighted by Gasteiger charge is -2.48. The van der Waals surface area contributed by atoms with E-state index in [-0.39, 0.29) is 41.4 Å². The number of rotatable bonds is 11. The van der Waals surface area contributed by atoms with E-state index in [4.69, 9.17) is 27.9 Å². The normalized spacial score (nSPS) is 19.0. The maximum atomic E-state index is 13.0. The van der Waals surface area contributed by atoms with E-state index in [0.717, 1.165) is 56.6 Å². The van der Waals surface area contributed by atoms with Crippen LogP contribution in [-0.2, 0) is 16.6 Å². The number of nitrogens with zero attached hydrogens (tertiary/aromatic N) is 2. The van der Waals surface area contributed by atoms with Gasteiger partial charge in [0.25, 0.3) is 0 Å². The van der Waals surface area contributed by atoms with Gasteiger partial charge >= 0.3 is 0 Å². The zero-order chi connectivity index (χ0) is 28.7. The van der Waals surface area contributed by atoms with Gasteiger partial charge in [0.1, 0.15) is 5.75 Å². The number of halogens is 3. The summed E-state index contributed by atoms with van der Waals surface area (Å²) >= 11 is 12.8. The van der Waals surface area contributed by atoms with Gasteiger partial charge in [-0.05, 0) is 87.7 Å². The predicted molar refractivity (Wildman–Crippen MR) is 182 cm³/mol. The SMILES string of the molecule is CC(C)Oc1cccc(CC(=O)N(C)CCCCC2(c3ccccc3)CCN(C)CC2c2ccc(Cl)c(Cl)c2)c1.I. The Kier molecular flexibility index (Phi) is 12.8. The van der Waals surface area contributed by atoms with Crippen LogP contribution < -0.4 is 4.74 Å².